The fraction of sp³-hybridized carbons (Fsp3) is 0.316. The Morgan fingerprint density at radius 2 is 1.62 bits per heavy atom. The van der Waals surface area contributed by atoms with Crippen LogP contribution in [0.4, 0.5) is 0 Å². The van der Waals surface area contributed by atoms with Crippen LogP contribution in [0.3, 0.4) is 0 Å². The maximum atomic E-state index is 12.4. The highest BCUT2D eigenvalue weighted by molar-refractivity contribution is 6.34. The number of hydrogen-bond acceptors (Lipinski definition) is 2. The lowest BCUT2D eigenvalue weighted by molar-refractivity contribution is -0.899. The van der Waals surface area contributed by atoms with Gasteiger partial charge >= 0.3 is 0 Å². The zero-order valence-corrected chi connectivity index (χ0v) is 15.7. The van der Waals surface area contributed by atoms with Crippen LogP contribution in [0.2, 0.25) is 5.02 Å². The van der Waals surface area contributed by atoms with E-state index in [2.05, 4.69) is 0 Å². The predicted octanol–water partition coefficient (Wildman–Crippen LogP) is -0.907. The van der Waals surface area contributed by atoms with E-state index >= 15 is 0 Å². The molecule has 1 aliphatic heterocycles. The summed E-state index contributed by atoms with van der Waals surface area (Å²) in [5.74, 6) is 0.0655. The van der Waals surface area contributed by atoms with Gasteiger partial charge in [0, 0.05) is 18.4 Å². The fourth-order valence-corrected chi connectivity index (χ4v) is 3.48. The Kier molecular flexibility index (Phi) is 6.58. The number of likely N-dealkylation sites (tertiary alicyclic amines) is 1. The maximum absolute atomic E-state index is 12.4. The second kappa shape index (κ2) is 8.26. The first-order valence-electron chi connectivity index (χ1n) is 7.98. The van der Waals surface area contributed by atoms with E-state index in [1.807, 2.05) is 42.5 Å². The minimum Gasteiger partial charge on any atom is -1.00 e. The highest BCUT2D eigenvalue weighted by Crippen LogP contribution is 2.29. The molecule has 0 aromatic heterocycles. The number of carbonyl (C=O) groups is 1. The largest absolute Gasteiger partial charge is 1.00 e. The number of carbonyl (C=O) groups excluding carboxylic acids is 1. The van der Waals surface area contributed by atoms with E-state index in [9.17, 15) is 9.90 Å². The van der Waals surface area contributed by atoms with Gasteiger partial charge in [0.15, 0.2) is 0 Å². The average molecular weight is 411 g/mol. The van der Waals surface area contributed by atoms with Crippen molar-refractivity contribution in [2.24, 2.45) is 0 Å². The summed E-state index contributed by atoms with van der Waals surface area (Å²) in [7, 11) is 0. The second-order valence-electron chi connectivity index (χ2n) is 6.23. The smallest absolute Gasteiger partial charge is 0.218 e. The van der Waals surface area contributed by atoms with E-state index < -0.39 is 5.60 Å². The van der Waals surface area contributed by atoms with E-state index in [4.69, 9.17) is 11.6 Å². The van der Waals surface area contributed by atoms with Crippen molar-refractivity contribution < 1.29 is 31.8 Å². The molecule has 0 saturated carbocycles. The van der Waals surface area contributed by atoms with E-state index in [1.165, 1.54) is 4.90 Å². The molecule has 5 heteroatoms. The first-order valence-corrected chi connectivity index (χ1v) is 8.35. The molecule has 0 aliphatic carbocycles. The number of rotatable bonds is 4. The van der Waals surface area contributed by atoms with E-state index in [0.717, 1.165) is 18.7 Å². The zero-order valence-electron chi connectivity index (χ0n) is 13.3. The number of quaternary nitrogens is 1. The number of hydrogen-bond donors (Lipinski definition) is 2. The molecule has 2 aromatic rings. The van der Waals surface area contributed by atoms with Gasteiger partial charge in [-0.3, -0.25) is 4.79 Å². The second-order valence-corrected chi connectivity index (χ2v) is 6.63. The molecule has 128 valence electrons. The van der Waals surface area contributed by atoms with Gasteiger partial charge in [0.1, 0.15) is 12.1 Å². The molecule has 0 amide bonds. The minimum atomic E-state index is -0.766. The van der Waals surface area contributed by atoms with Gasteiger partial charge in [-0.1, -0.05) is 54.1 Å². The van der Waals surface area contributed by atoms with Crippen LogP contribution in [0.25, 0.3) is 0 Å². The number of nitrogens with one attached hydrogen (secondary N) is 1. The number of Topliss-reactive ketones (excluding diaryl/α,β-unsaturated/α-hetero) is 1. The van der Waals surface area contributed by atoms with Crippen LogP contribution in [-0.2, 0) is 5.60 Å². The van der Waals surface area contributed by atoms with E-state index in [-0.39, 0.29) is 22.8 Å². The van der Waals surface area contributed by atoms with Crippen molar-refractivity contribution in [1.29, 1.82) is 0 Å². The fourth-order valence-electron chi connectivity index (χ4n) is 3.24. The van der Waals surface area contributed by atoms with Gasteiger partial charge in [-0.25, -0.2) is 0 Å². The van der Waals surface area contributed by atoms with Crippen LogP contribution in [0.1, 0.15) is 28.8 Å². The average Bonchev–Trinajstić information content (AvgIpc) is 2.58. The summed E-state index contributed by atoms with van der Waals surface area (Å²) in [5, 5.41) is 11.3. The molecule has 3 rings (SSSR count). The molecule has 0 spiro atoms. The van der Waals surface area contributed by atoms with Crippen LogP contribution >= 0.6 is 11.6 Å². The number of benzene rings is 2. The van der Waals surface area contributed by atoms with E-state index in [1.54, 1.807) is 12.1 Å². The molecule has 0 atom stereocenters. The summed E-state index contributed by atoms with van der Waals surface area (Å²) in [6.45, 7) is 1.98. The predicted molar refractivity (Wildman–Crippen MR) is 90.9 cm³/mol. The van der Waals surface area contributed by atoms with Gasteiger partial charge < -0.3 is 27.0 Å². The Bertz CT molecular complexity index is 685. The number of aliphatic hydroxyl groups is 1. The van der Waals surface area contributed by atoms with Crippen molar-refractivity contribution in [3.8, 4) is 0 Å². The SMILES string of the molecule is O=C(C[NH+]1CCC(O)(c2ccccc2)CC1)c1ccccc1Cl.[Br-]. The van der Waals surface area contributed by atoms with Crippen LogP contribution in [-0.4, -0.2) is 30.5 Å². The monoisotopic (exact) mass is 409 g/mol. The Hall–Kier alpha value is -1.20. The molecule has 2 N–H and O–H groups in total. The first kappa shape index (κ1) is 19.1. The topological polar surface area (TPSA) is 41.7 Å². The van der Waals surface area contributed by atoms with Crippen molar-refractivity contribution in [1.82, 2.24) is 0 Å². The van der Waals surface area contributed by atoms with E-state index in [0.29, 0.717) is 30.0 Å². The molecule has 0 radical (unpaired) electrons. The van der Waals surface area contributed by atoms with Gasteiger partial charge in [-0.2, -0.15) is 0 Å². The quantitative estimate of drug-likeness (QED) is 0.641. The van der Waals surface area contributed by atoms with Gasteiger partial charge in [-0.05, 0) is 17.7 Å². The van der Waals surface area contributed by atoms with Gasteiger partial charge in [0.25, 0.3) is 0 Å². The molecule has 3 nitrogen and oxygen atoms in total. The van der Waals surface area contributed by atoms with Crippen molar-refractivity contribution in [2.45, 2.75) is 18.4 Å². The third kappa shape index (κ3) is 4.25. The third-order valence-corrected chi connectivity index (χ3v) is 5.01. The van der Waals surface area contributed by atoms with Crippen molar-refractivity contribution in [2.75, 3.05) is 19.6 Å². The minimum absolute atomic E-state index is 0. The van der Waals surface area contributed by atoms with Gasteiger partial charge in [0.05, 0.1) is 18.1 Å². The maximum Gasteiger partial charge on any atom is 0.218 e. The molecule has 1 saturated heterocycles. The number of ketones is 1. The highest BCUT2D eigenvalue weighted by Gasteiger charge is 2.36. The number of halogens is 2. The molecule has 0 bridgehead atoms. The Balaban J connectivity index is 0.00000208. The van der Waals surface area contributed by atoms with Crippen molar-refractivity contribution >= 4 is 17.4 Å². The molecular weight excluding hydrogens is 390 g/mol. The molecule has 0 unspecified atom stereocenters. The van der Waals surface area contributed by atoms with Crippen LogP contribution in [0, 0.1) is 0 Å². The molecule has 1 heterocycles. The number of piperidine rings is 1. The Morgan fingerprint density at radius 3 is 2.25 bits per heavy atom. The summed E-state index contributed by atoms with van der Waals surface area (Å²) in [6.07, 6.45) is 1.34. The third-order valence-electron chi connectivity index (χ3n) is 4.68. The Morgan fingerprint density at radius 1 is 1.04 bits per heavy atom. The van der Waals surface area contributed by atoms with Crippen molar-refractivity contribution in [3.63, 3.8) is 0 Å². The van der Waals surface area contributed by atoms with Gasteiger partial charge in [-0.15, -0.1) is 0 Å². The summed E-state index contributed by atoms with van der Waals surface area (Å²) in [5.41, 5.74) is 0.792. The molecule has 2 aromatic carbocycles. The lowest BCUT2D eigenvalue weighted by atomic mass is 9.84. The van der Waals surface area contributed by atoms with Gasteiger partial charge in [0.2, 0.25) is 5.78 Å². The Labute approximate surface area is 158 Å². The highest BCUT2D eigenvalue weighted by atomic mass is 79.9. The lowest BCUT2D eigenvalue weighted by Gasteiger charge is -2.36. The zero-order chi connectivity index (χ0) is 16.3. The van der Waals surface area contributed by atoms with Crippen molar-refractivity contribution in [3.05, 3.63) is 70.7 Å². The standard InChI is InChI=1S/C19H20ClNO2.BrH/c20-17-9-5-4-8-16(17)18(22)14-21-12-10-19(23,11-13-21)15-6-2-1-3-7-15;/h1-9,23H,10-14H2;1H. The molecule has 1 aliphatic rings. The molecule has 1 fully saturated rings. The summed E-state index contributed by atoms with van der Waals surface area (Å²) in [6, 6.07) is 17.0. The first-order chi connectivity index (χ1) is 11.1. The molecule has 24 heavy (non-hydrogen) atoms. The van der Waals surface area contributed by atoms with Crippen LogP contribution in [0.15, 0.2) is 54.6 Å². The normalized spacial score (nSPS) is 23.3. The lowest BCUT2D eigenvalue weighted by Crippen LogP contribution is -3.14. The summed E-state index contributed by atoms with van der Waals surface area (Å²) < 4.78 is 0. The summed E-state index contributed by atoms with van der Waals surface area (Å²) >= 11 is 6.09. The summed E-state index contributed by atoms with van der Waals surface area (Å²) in [4.78, 5) is 13.6. The molecular formula is C19H21BrClNO2. The van der Waals surface area contributed by atoms with Crippen LogP contribution < -0.4 is 21.9 Å². The van der Waals surface area contributed by atoms with Crippen LogP contribution in [0.5, 0.6) is 0 Å².